The summed E-state index contributed by atoms with van der Waals surface area (Å²) < 4.78 is 16.1. The van der Waals surface area contributed by atoms with Gasteiger partial charge in [-0.2, -0.15) is 0 Å². The van der Waals surface area contributed by atoms with Crippen LogP contribution in [-0.4, -0.2) is 42.8 Å². The molecule has 3 aromatic rings. The lowest BCUT2D eigenvalue weighted by molar-refractivity contribution is 0.0679. The molecule has 1 aliphatic rings. The molecular weight excluding hydrogens is 368 g/mol. The van der Waals surface area contributed by atoms with Crippen LogP contribution in [0.2, 0.25) is 0 Å². The van der Waals surface area contributed by atoms with Crippen LogP contribution in [0.25, 0.3) is 10.9 Å². The minimum Gasteiger partial charge on any atom is -0.454 e. The van der Waals surface area contributed by atoms with E-state index in [1.54, 1.807) is 12.0 Å². The zero-order chi connectivity index (χ0) is 20.4. The Labute approximate surface area is 170 Å². The molecule has 1 aliphatic heterocycles. The number of nitrogens with zero attached hydrogens (tertiary/aromatic N) is 2. The number of aryl methyl sites for hydroxylation is 2. The normalized spacial score (nSPS) is 12.4. The van der Waals surface area contributed by atoms with Gasteiger partial charge in [-0.05, 0) is 49.7 Å². The molecule has 0 fully saturated rings. The summed E-state index contributed by atoms with van der Waals surface area (Å²) in [7, 11) is 1.63. The first-order chi connectivity index (χ1) is 14.0. The van der Waals surface area contributed by atoms with Crippen molar-refractivity contribution in [3.63, 3.8) is 0 Å². The van der Waals surface area contributed by atoms with Crippen molar-refractivity contribution in [1.82, 2.24) is 9.88 Å². The van der Waals surface area contributed by atoms with Gasteiger partial charge >= 0.3 is 0 Å². The number of methoxy groups -OCH3 is 1. The Balaban J connectivity index is 1.65. The summed E-state index contributed by atoms with van der Waals surface area (Å²) in [5, 5.41) is 0.966. The summed E-state index contributed by atoms with van der Waals surface area (Å²) in [6.45, 7) is 5.52. The molecule has 0 spiro atoms. The summed E-state index contributed by atoms with van der Waals surface area (Å²) in [6.07, 6.45) is 0. The number of rotatable bonds is 6. The Kier molecular flexibility index (Phi) is 5.36. The number of benzene rings is 2. The number of carbonyl (C=O) groups excluding carboxylic acids is 1. The van der Waals surface area contributed by atoms with E-state index in [0.717, 1.165) is 33.5 Å². The highest BCUT2D eigenvalue weighted by Crippen LogP contribution is 2.33. The molecule has 0 radical (unpaired) electrons. The fourth-order valence-corrected chi connectivity index (χ4v) is 3.49. The van der Waals surface area contributed by atoms with Crippen LogP contribution in [0.1, 0.15) is 27.2 Å². The number of pyridine rings is 1. The first kappa shape index (κ1) is 19.2. The van der Waals surface area contributed by atoms with Crippen LogP contribution in [0, 0.1) is 13.8 Å². The minimum absolute atomic E-state index is 0.0619. The van der Waals surface area contributed by atoms with Gasteiger partial charge in [0.15, 0.2) is 11.5 Å². The molecule has 29 heavy (non-hydrogen) atoms. The van der Waals surface area contributed by atoms with Crippen molar-refractivity contribution in [2.75, 3.05) is 27.1 Å². The van der Waals surface area contributed by atoms with Crippen molar-refractivity contribution in [2.24, 2.45) is 0 Å². The van der Waals surface area contributed by atoms with E-state index in [9.17, 15) is 4.79 Å². The predicted molar refractivity (Wildman–Crippen MR) is 110 cm³/mol. The third-order valence-corrected chi connectivity index (χ3v) is 5.05. The van der Waals surface area contributed by atoms with Crippen molar-refractivity contribution in [3.8, 4) is 11.5 Å². The maximum absolute atomic E-state index is 13.4. The molecule has 2 aromatic carbocycles. The molecule has 0 atom stereocenters. The molecule has 0 bridgehead atoms. The van der Waals surface area contributed by atoms with E-state index >= 15 is 0 Å². The van der Waals surface area contributed by atoms with Gasteiger partial charge in [-0.3, -0.25) is 9.78 Å². The van der Waals surface area contributed by atoms with Gasteiger partial charge in [0.05, 0.1) is 23.4 Å². The van der Waals surface area contributed by atoms with Crippen LogP contribution in [0.5, 0.6) is 11.5 Å². The van der Waals surface area contributed by atoms with Gasteiger partial charge in [-0.25, -0.2) is 0 Å². The van der Waals surface area contributed by atoms with Crippen molar-refractivity contribution < 1.29 is 19.0 Å². The molecule has 0 N–H and O–H groups in total. The zero-order valence-electron chi connectivity index (χ0n) is 16.9. The van der Waals surface area contributed by atoms with E-state index in [4.69, 9.17) is 14.2 Å². The van der Waals surface area contributed by atoms with Crippen LogP contribution in [-0.2, 0) is 11.3 Å². The third kappa shape index (κ3) is 4.03. The molecule has 6 nitrogen and oxygen atoms in total. The Morgan fingerprint density at radius 1 is 1.10 bits per heavy atom. The average Bonchev–Trinajstić information content (AvgIpc) is 3.18. The summed E-state index contributed by atoms with van der Waals surface area (Å²) in [5.41, 5.74) is 4.34. The number of ether oxygens (including phenoxy) is 3. The van der Waals surface area contributed by atoms with E-state index < -0.39 is 0 Å². The van der Waals surface area contributed by atoms with E-state index in [1.165, 1.54) is 0 Å². The quantitative estimate of drug-likeness (QED) is 0.637. The van der Waals surface area contributed by atoms with Crippen LogP contribution in [0.4, 0.5) is 0 Å². The van der Waals surface area contributed by atoms with Gasteiger partial charge in [0, 0.05) is 25.6 Å². The van der Waals surface area contributed by atoms with E-state index in [-0.39, 0.29) is 12.7 Å². The topological polar surface area (TPSA) is 60.9 Å². The monoisotopic (exact) mass is 392 g/mol. The van der Waals surface area contributed by atoms with E-state index in [2.05, 4.69) is 11.1 Å². The number of carbonyl (C=O) groups is 1. The maximum Gasteiger partial charge on any atom is 0.256 e. The average molecular weight is 392 g/mol. The highest BCUT2D eigenvalue weighted by atomic mass is 16.7. The smallest absolute Gasteiger partial charge is 0.256 e. The van der Waals surface area contributed by atoms with E-state index in [1.807, 2.05) is 50.2 Å². The lowest BCUT2D eigenvalue weighted by atomic mass is 10.1. The molecule has 2 heterocycles. The predicted octanol–water partition coefficient (Wildman–Crippen LogP) is 3.87. The summed E-state index contributed by atoms with van der Waals surface area (Å²) in [5.74, 6) is 1.38. The van der Waals surface area contributed by atoms with E-state index in [0.29, 0.717) is 31.0 Å². The van der Waals surface area contributed by atoms with Gasteiger partial charge < -0.3 is 19.1 Å². The first-order valence-electron chi connectivity index (χ1n) is 9.60. The van der Waals surface area contributed by atoms with Crippen molar-refractivity contribution in [1.29, 1.82) is 0 Å². The third-order valence-electron chi connectivity index (χ3n) is 5.05. The number of aromatic nitrogens is 1. The van der Waals surface area contributed by atoms with Gasteiger partial charge in [0.25, 0.3) is 5.91 Å². The first-order valence-corrected chi connectivity index (χ1v) is 9.60. The van der Waals surface area contributed by atoms with Gasteiger partial charge in [0.1, 0.15) is 0 Å². The Morgan fingerprint density at radius 3 is 2.76 bits per heavy atom. The number of amides is 1. The second-order valence-corrected chi connectivity index (χ2v) is 7.22. The second kappa shape index (κ2) is 8.09. The molecule has 0 saturated heterocycles. The van der Waals surface area contributed by atoms with Crippen LogP contribution >= 0.6 is 0 Å². The van der Waals surface area contributed by atoms with Gasteiger partial charge in [-0.15, -0.1) is 0 Å². The molecule has 1 aromatic heterocycles. The molecular formula is C23H24N2O4. The Bertz CT molecular complexity index is 1060. The lowest BCUT2D eigenvalue weighted by Gasteiger charge is -2.23. The molecule has 0 saturated carbocycles. The molecule has 150 valence electrons. The number of hydrogen-bond donors (Lipinski definition) is 0. The van der Waals surface area contributed by atoms with Crippen molar-refractivity contribution in [3.05, 3.63) is 64.8 Å². The van der Waals surface area contributed by atoms with Crippen molar-refractivity contribution in [2.45, 2.75) is 20.4 Å². The fourth-order valence-electron chi connectivity index (χ4n) is 3.49. The molecule has 1 amide bonds. The molecule has 6 heteroatoms. The number of hydrogen-bond acceptors (Lipinski definition) is 5. The summed E-state index contributed by atoms with van der Waals surface area (Å²) in [4.78, 5) is 19.8. The molecule has 0 aliphatic carbocycles. The lowest BCUT2D eigenvalue weighted by Crippen LogP contribution is -2.34. The Morgan fingerprint density at radius 2 is 1.93 bits per heavy atom. The van der Waals surface area contributed by atoms with Gasteiger partial charge in [-0.1, -0.05) is 17.7 Å². The summed E-state index contributed by atoms with van der Waals surface area (Å²) >= 11 is 0. The highest BCUT2D eigenvalue weighted by Gasteiger charge is 2.21. The second-order valence-electron chi connectivity index (χ2n) is 7.22. The van der Waals surface area contributed by atoms with Crippen LogP contribution in [0.15, 0.2) is 42.5 Å². The summed E-state index contributed by atoms with van der Waals surface area (Å²) in [6, 6.07) is 13.8. The fraction of sp³-hybridized carbons (Fsp3) is 0.304. The largest absolute Gasteiger partial charge is 0.454 e. The van der Waals surface area contributed by atoms with Crippen molar-refractivity contribution >= 4 is 16.8 Å². The van der Waals surface area contributed by atoms with Gasteiger partial charge in [0.2, 0.25) is 6.79 Å². The van der Waals surface area contributed by atoms with Crippen LogP contribution < -0.4 is 9.47 Å². The highest BCUT2D eigenvalue weighted by molar-refractivity contribution is 5.98. The number of fused-ring (bicyclic) bond motifs is 2. The molecule has 4 rings (SSSR count). The molecule has 0 unspecified atom stereocenters. The standard InChI is InChI=1S/C23H24N2O4/c1-15-4-6-20-18(10-15)12-19(16(2)24-20)23(26)25(8-9-27-3)13-17-5-7-21-22(11-17)29-14-28-21/h4-7,10-12H,8-9,13-14H2,1-3H3. The Hall–Kier alpha value is -3.12. The zero-order valence-corrected chi connectivity index (χ0v) is 16.9. The maximum atomic E-state index is 13.4. The minimum atomic E-state index is -0.0619. The SMILES string of the molecule is COCCN(Cc1ccc2c(c1)OCO2)C(=O)c1cc2cc(C)ccc2nc1C. The van der Waals surface area contributed by atoms with Crippen LogP contribution in [0.3, 0.4) is 0 Å².